The van der Waals surface area contributed by atoms with Gasteiger partial charge in [0, 0.05) is 35.2 Å². The summed E-state index contributed by atoms with van der Waals surface area (Å²) in [6.07, 6.45) is 4.17. The standard InChI is InChI=1S/C23H28N4O4/c1-5-14(3)21(29)25-17-9-7-8-16(10-17)18-11-23(31-26-18)12-19(20(24)28)27(13-23)22(30)15(4)6-2/h5-10,19H,11-13H2,1-4H3,(H2,24,28)(H,25,29)/b14-5+,15-6+/t19-,23?/m0/s1. The Morgan fingerprint density at radius 3 is 2.58 bits per heavy atom. The van der Waals surface area contributed by atoms with Gasteiger partial charge in [0.2, 0.25) is 11.8 Å². The first-order valence-electron chi connectivity index (χ1n) is 10.2. The molecule has 2 heterocycles. The lowest BCUT2D eigenvalue weighted by molar-refractivity contribution is -0.134. The molecule has 0 aromatic heterocycles. The van der Waals surface area contributed by atoms with Crippen LogP contribution in [0.5, 0.6) is 0 Å². The fraction of sp³-hybridized carbons (Fsp3) is 0.391. The van der Waals surface area contributed by atoms with Crippen LogP contribution in [0.15, 0.2) is 52.7 Å². The van der Waals surface area contributed by atoms with Crippen LogP contribution in [-0.4, -0.2) is 46.5 Å². The maximum absolute atomic E-state index is 12.7. The number of carbonyl (C=O) groups is 3. The average molecular weight is 425 g/mol. The number of nitrogens with two attached hydrogens (primary N) is 1. The number of nitrogens with one attached hydrogen (secondary N) is 1. The van der Waals surface area contributed by atoms with Crippen LogP contribution in [0, 0.1) is 0 Å². The summed E-state index contributed by atoms with van der Waals surface area (Å²) in [6, 6.07) is 6.60. The number of amides is 3. The zero-order valence-corrected chi connectivity index (χ0v) is 18.3. The number of likely N-dealkylation sites (tertiary alicyclic amines) is 1. The van der Waals surface area contributed by atoms with Gasteiger partial charge in [-0.1, -0.05) is 29.4 Å². The molecule has 1 unspecified atom stereocenters. The predicted octanol–water partition coefficient (Wildman–Crippen LogP) is 2.51. The van der Waals surface area contributed by atoms with E-state index in [1.165, 1.54) is 4.90 Å². The van der Waals surface area contributed by atoms with Crippen molar-refractivity contribution in [2.75, 3.05) is 11.9 Å². The Bertz CT molecular complexity index is 1010. The zero-order chi connectivity index (χ0) is 22.8. The number of primary amides is 1. The third-order valence-electron chi connectivity index (χ3n) is 5.84. The number of oxime groups is 1. The lowest BCUT2D eigenvalue weighted by Crippen LogP contribution is -2.44. The molecule has 1 fully saturated rings. The fourth-order valence-electron chi connectivity index (χ4n) is 3.77. The smallest absolute Gasteiger partial charge is 0.250 e. The molecule has 0 bridgehead atoms. The van der Waals surface area contributed by atoms with Gasteiger partial charge in [0.1, 0.15) is 6.04 Å². The van der Waals surface area contributed by atoms with E-state index in [1.54, 1.807) is 39.0 Å². The molecule has 0 aliphatic carbocycles. The molecule has 1 aromatic rings. The number of benzene rings is 1. The second-order valence-electron chi connectivity index (χ2n) is 8.02. The number of anilines is 1. The minimum Gasteiger partial charge on any atom is -0.387 e. The van der Waals surface area contributed by atoms with Gasteiger partial charge >= 0.3 is 0 Å². The van der Waals surface area contributed by atoms with Crippen molar-refractivity contribution in [1.82, 2.24) is 4.90 Å². The largest absolute Gasteiger partial charge is 0.387 e. The summed E-state index contributed by atoms with van der Waals surface area (Å²) in [4.78, 5) is 44.1. The highest BCUT2D eigenvalue weighted by Gasteiger charge is 2.53. The van der Waals surface area contributed by atoms with Crippen LogP contribution in [0.2, 0.25) is 0 Å². The molecular formula is C23H28N4O4. The molecule has 2 aliphatic heterocycles. The van der Waals surface area contributed by atoms with E-state index in [1.807, 2.05) is 25.1 Å². The summed E-state index contributed by atoms with van der Waals surface area (Å²) in [5, 5.41) is 7.11. The molecule has 1 aromatic carbocycles. The second-order valence-corrected chi connectivity index (χ2v) is 8.02. The Morgan fingerprint density at radius 1 is 1.23 bits per heavy atom. The molecule has 3 amide bonds. The van der Waals surface area contributed by atoms with Gasteiger partial charge in [-0.3, -0.25) is 14.4 Å². The zero-order valence-electron chi connectivity index (χ0n) is 18.3. The van der Waals surface area contributed by atoms with E-state index in [2.05, 4.69) is 10.5 Å². The molecule has 2 atom stereocenters. The van der Waals surface area contributed by atoms with Crippen molar-refractivity contribution < 1.29 is 19.2 Å². The topological polar surface area (TPSA) is 114 Å². The van der Waals surface area contributed by atoms with Crippen LogP contribution >= 0.6 is 0 Å². The first-order chi connectivity index (χ1) is 14.7. The second kappa shape index (κ2) is 8.75. The lowest BCUT2D eigenvalue weighted by atomic mass is 9.91. The van der Waals surface area contributed by atoms with Crippen LogP contribution in [0.3, 0.4) is 0 Å². The Balaban J connectivity index is 1.78. The Labute approximate surface area is 181 Å². The van der Waals surface area contributed by atoms with Gasteiger partial charge in [-0.05, 0) is 39.8 Å². The van der Waals surface area contributed by atoms with Gasteiger partial charge in [0.05, 0.1) is 12.3 Å². The van der Waals surface area contributed by atoms with Crippen molar-refractivity contribution in [2.45, 2.75) is 52.2 Å². The van der Waals surface area contributed by atoms with Crippen molar-refractivity contribution in [1.29, 1.82) is 0 Å². The summed E-state index contributed by atoms with van der Waals surface area (Å²) >= 11 is 0. The quantitative estimate of drug-likeness (QED) is 0.707. The molecule has 31 heavy (non-hydrogen) atoms. The summed E-state index contributed by atoms with van der Waals surface area (Å²) < 4.78 is 0. The van der Waals surface area contributed by atoms with Crippen molar-refractivity contribution >= 4 is 29.1 Å². The molecule has 2 aliphatic rings. The Morgan fingerprint density at radius 2 is 1.94 bits per heavy atom. The first-order valence-corrected chi connectivity index (χ1v) is 10.2. The maximum atomic E-state index is 12.7. The van der Waals surface area contributed by atoms with E-state index in [0.29, 0.717) is 29.0 Å². The Hall–Kier alpha value is -3.42. The molecule has 3 rings (SSSR count). The third-order valence-corrected chi connectivity index (χ3v) is 5.84. The third kappa shape index (κ3) is 4.52. The van der Waals surface area contributed by atoms with E-state index in [0.717, 1.165) is 5.56 Å². The number of allylic oxidation sites excluding steroid dienone is 2. The van der Waals surface area contributed by atoms with Gasteiger partial charge in [-0.15, -0.1) is 0 Å². The fourth-order valence-corrected chi connectivity index (χ4v) is 3.77. The monoisotopic (exact) mass is 424 g/mol. The molecule has 0 saturated carbocycles. The number of hydrogen-bond donors (Lipinski definition) is 2. The maximum Gasteiger partial charge on any atom is 0.250 e. The van der Waals surface area contributed by atoms with E-state index >= 15 is 0 Å². The molecule has 1 saturated heterocycles. The van der Waals surface area contributed by atoms with Gasteiger partial charge in [-0.2, -0.15) is 0 Å². The summed E-state index contributed by atoms with van der Waals surface area (Å²) in [7, 11) is 0. The molecular weight excluding hydrogens is 396 g/mol. The summed E-state index contributed by atoms with van der Waals surface area (Å²) in [5.74, 6) is -0.964. The molecule has 8 nitrogen and oxygen atoms in total. The van der Waals surface area contributed by atoms with Crippen LogP contribution in [0.4, 0.5) is 5.69 Å². The SMILES string of the molecule is C/C=C(\C)C(=O)Nc1cccc(C2=NOC3(C2)C[C@@H](C(N)=O)N(C(=O)/C(C)=C/C)C3)c1. The van der Waals surface area contributed by atoms with E-state index in [4.69, 9.17) is 10.6 Å². The number of rotatable bonds is 5. The van der Waals surface area contributed by atoms with Crippen molar-refractivity contribution in [3.63, 3.8) is 0 Å². The molecule has 8 heteroatoms. The number of carbonyl (C=O) groups excluding carboxylic acids is 3. The number of hydrogen-bond acceptors (Lipinski definition) is 5. The summed E-state index contributed by atoms with van der Waals surface area (Å²) in [6.45, 7) is 7.26. The van der Waals surface area contributed by atoms with Gasteiger partial charge in [-0.25, -0.2) is 0 Å². The minimum absolute atomic E-state index is 0.172. The molecule has 1 spiro atoms. The van der Waals surface area contributed by atoms with Crippen molar-refractivity contribution in [3.05, 3.63) is 53.1 Å². The molecule has 3 N–H and O–H groups in total. The van der Waals surface area contributed by atoms with Gasteiger partial charge < -0.3 is 20.8 Å². The highest BCUT2D eigenvalue weighted by atomic mass is 16.7. The highest BCUT2D eigenvalue weighted by molar-refractivity contribution is 6.06. The highest BCUT2D eigenvalue weighted by Crippen LogP contribution is 2.39. The van der Waals surface area contributed by atoms with Crippen LogP contribution < -0.4 is 11.1 Å². The Kier molecular flexibility index (Phi) is 6.29. The molecule has 164 valence electrons. The van der Waals surface area contributed by atoms with Crippen molar-refractivity contribution in [2.24, 2.45) is 10.9 Å². The van der Waals surface area contributed by atoms with E-state index in [-0.39, 0.29) is 24.8 Å². The lowest BCUT2D eigenvalue weighted by Gasteiger charge is -2.23. The number of nitrogens with zero attached hydrogens (tertiary/aromatic N) is 2. The predicted molar refractivity (Wildman–Crippen MR) is 118 cm³/mol. The summed E-state index contributed by atoms with van der Waals surface area (Å²) in [5.41, 5.74) is 8.09. The van der Waals surface area contributed by atoms with Crippen LogP contribution in [0.1, 0.15) is 46.1 Å². The minimum atomic E-state index is -0.792. The van der Waals surface area contributed by atoms with Crippen LogP contribution in [-0.2, 0) is 19.2 Å². The normalized spacial score (nSPS) is 23.5. The first kappa shape index (κ1) is 22.3. The van der Waals surface area contributed by atoms with Crippen molar-refractivity contribution in [3.8, 4) is 0 Å². The van der Waals surface area contributed by atoms with Gasteiger partial charge in [0.15, 0.2) is 5.60 Å². The van der Waals surface area contributed by atoms with Gasteiger partial charge in [0.25, 0.3) is 5.91 Å². The van der Waals surface area contributed by atoms with Crippen LogP contribution in [0.25, 0.3) is 0 Å². The average Bonchev–Trinajstić information content (AvgIpc) is 3.36. The van der Waals surface area contributed by atoms with E-state index < -0.39 is 17.6 Å². The van der Waals surface area contributed by atoms with E-state index in [9.17, 15) is 14.4 Å². The molecule has 0 radical (unpaired) electrons.